The van der Waals surface area contributed by atoms with Gasteiger partial charge in [-0.3, -0.25) is 9.59 Å². The quantitative estimate of drug-likeness (QED) is 0.160. The third kappa shape index (κ3) is 5.43. The van der Waals surface area contributed by atoms with Gasteiger partial charge in [-0.25, -0.2) is 0 Å². The van der Waals surface area contributed by atoms with Gasteiger partial charge >= 0.3 is 0 Å². The lowest BCUT2D eigenvalue weighted by atomic mass is 9.94. The molecule has 1 atom stereocenters. The summed E-state index contributed by atoms with van der Waals surface area (Å²) < 4.78 is 17.4. The zero-order valence-electron chi connectivity index (χ0n) is 21.8. The third-order valence-electron chi connectivity index (χ3n) is 6.59. The van der Waals surface area contributed by atoms with Crippen molar-refractivity contribution in [3.8, 4) is 11.5 Å². The zero-order valence-corrected chi connectivity index (χ0v) is 21.8. The van der Waals surface area contributed by atoms with Gasteiger partial charge in [0.15, 0.2) is 11.5 Å². The van der Waals surface area contributed by atoms with Crippen LogP contribution >= 0.6 is 0 Å². The van der Waals surface area contributed by atoms with Crippen molar-refractivity contribution in [3.05, 3.63) is 125 Å². The molecule has 198 valence electrons. The molecule has 1 aliphatic heterocycles. The summed E-state index contributed by atoms with van der Waals surface area (Å²) in [5.41, 5.74) is 3.08. The normalized spacial score (nSPS) is 16.5. The second kappa shape index (κ2) is 11.3. The van der Waals surface area contributed by atoms with Gasteiger partial charge in [-0.1, -0.05) is 66.2 Å². The van der Waals surface area contributed by atoms with Gasteiger partial charge in [0, 0.05) is 5.56 Å². The van der Waals surface area contributed by atoms with E-state index in [2.05, 4.69) is 0 Å². The van der Waals surface area contributed by atoms with E-state index in [-0.39, 0.29) is 17.9 Å². The lowest BCUT2D eigenvalue weighted by molar-refractivity contribution is -0.140. The standard InChI is InChI=1S/C32H29NO6/c1-3-37-27-18-24(15-16-26(27)39-20-22-8-5-4-6-9-22)29-28(30(34)23-13-11-21(2)12-14-23)31(35)32(36)33(29)19-25-10-7-17-38-25/h4-18,29,34H,3,19-20H2,1-2H3/b30-28+. The molecule has 1 unspecified atom stereocenters. The van der Waals surface area contributed by atoms with E-state index in [4.69, 9.17) is 13.9 Å². The fourth-order valence-corrected chi connectivity index (χ4v) is 4.64. The van der Waals surface area contributed by atoms with Crippen LogP contribution in [-0.2, 0) is 22.7 Å². The number of rotatable bonds is 9. The lowest BCUT2D eigenvalue weighted by Gasteiger charge is -2.25. The molecule has 1 aromatic heterocycles. The van der Waals surface area contributed by atoms with Crippen LogP contribution in [0.1, 0.15) is 41.0 Å². The fourth-order valence-electron chi connectivity index (χ4n) is 4.64. The highest BCUT2D eigenvalue weighted by Crippen LogP contribution is 2.43. The first-order valence-corrected chi connectivity index (χ1v) is 12.8. The number of Topliss-reactive ketones (excluding diaryl/α,β-unsaturated/α-hetero) is 1. The maximum atomic E-state index is 13.4. The van der Waals surface area contributed by atoms with E-state index in [0.29, 0.717) is 41.6 Å². The summed E-state index contributed by atoms with van der Waals surface area (Å²) in [6, 6.07) is 24.8. The van der Waals surface area contributed by atoms with Gasteiger partial charge in [0.25, 0.3) is 11.7 Å². The molecular formula is C32H29NO6. The number of hydrogen-bond donors (Lipinski definition) is 1. The SMILES string of the molecule is CCOc1cc(C2/C(=C(\O)c3ccc(C)cc3)C(=O)C(=O)N2Cc2ccco2)ccc1OCc1ccccc1. The van der Waals surface area contributed by atoms with E-state index in [0.717, 1.165) is 11.1 Å². The molecule has 0 aliphatic carbocycles. The molecule has 3 aromatic carbocycles. The summed E-state index contributed by atoms with van der Waals surface area (Å²) in [6.07, 6.45) is 1.51. The molecule has 2 heterocycles. The second-order valence-electron chi connectivity index (χ2n) is 9.29. The molecule has 0 saturated carbocycles. The number of carbonyl (C=O) groups is 2. The summed E-state index contributed by atoms with van der Waals surface area (Å²) in [5.74, 6) is -0.178. The molecule has 0 bridgehead atoms. The Bertz CT molecular complexity index is 1490. The van der Waals surface area contributed by atoms with Crippen molar-refractivity contribution in [2.75, 3.05) is 6.61 Å². The molecule has 0 spiro atoms. The van der Waals surface area contributed by atoms with Gasteiger partial charge < -0.3 is 23.9 Å². The largest absolute Gasteiger partial charge is 0.507 e. The van der Waals surface area contributed by atoms with Gasteiger partial charge in [0.05, 0.1) is 31.0 Å². The van der Waals surface area contributed by atoms with Gasteiger partial charge in [-0.2, -0.15) is 0 Å². The summed E-state index contributed by atoms with van der Waals surface area (Å²) in [5, 5.41) is 11.3. The van der Waals surface area contributed by atoms with Crippen LogP contribution in [0.15, 0.2) is 101 Å². The van der Waals surface area contributed by atoms with E-state index in [1.54, 1.807) is 42.5 Å². The summed E-state index contributed by atoms with van der Waals surface area (Å²) in [6.45, 7) is 4.60. The highest BCUT2D eigenvalue weighted by Gasteiger charge is 2.46. The van der Waals surface area contributed by atoms with Crippen LogP contribution in [-0.4, -0.2) is 28.3 Å². The van der Waals surface area contributed by atoms with Crippen molar-refractivity contribution in [1.82, 2.24) is 4.90 Å². The monoisotopic (exact) mass is 523 g/mol. The second-order valence-corrected chi connectivity index (χ2v) is 9.29. The van der Waals surface area contributed by atoms with Crippen molar-refractivity contribution in [2.45, 2.75) is 33.0 Å². The smallest absolute Gasteiger partial charge is 0.296 e. The highest BCUT2D eigenvalue weighted by atomic mass is 16.5. The van der Waals surface area contributed by atoms with Crippen molar-refractivity contribution in [2.24, 2.45) is 0 Å². The first-order valence-electron chi connectivity index (χ1n) is 12.8. The first-order chi connectivity index (χ1) is 19.0. The molecule has 1 N–H and O–H groups in total. The molecule has 1 amide bonds. The number of aliphatic hydroxyl groups is 1. The molecule has 4 aromatic rings. The summed E-state index contributed by atoms with van der Waals surface area (Å²) >= 11 is 0. The number of nitrogens with zero attached hydrogens (tertiary/aromatic N) is 1. The van der Waals surface area contributed by atoms with Crippen LogP contribution in [0, 0.1) is 6.92 Å². The van der Waals surface area contributed by atoms with E-state index in [1.165, 1.54) is 11.2 Å². The van der Waals surface area contributed by atoms with E-state index < -0.39 is 17.7 Å². The van der Waals surface area contributed by atoms with Gasteiger partial charge in [-0.05, 0) is 49.2 Å². The number of amides is 1. The number of carbonyl (C=O) groups excluding carboxylic acids is 2. The van der Waals surface area contributed by atoms with Crippen LogP contribution in [0.2, 0.25) is 0 Å². The Morgan fingerprint density at radius 2 is 1.69 bits per heavy atom. The Balaban J connectivity index is 1.58. The Morgan fingerprint density at radius 1 is 0.923 bits per heavy atom. The van der Waals surface area contributed by atoms with Crippen LogP contribution in [0.4, 0.5) is 0 Å². The van der Waals surface area contributed by atoms with Crippen LogP contribution in [0.3, 0.4) is 0 Å². The number of ether oxygens (including phenoxy) is 2. The predicted octanol–water partition coefficient (Wildman–Crippen LogP) is 6.19. The first kappa shape index (κ1) is 25.9. The summed E-state index contributed by atoms with van der Waals surface area (Å²) in [4.78, 5) is 28.1. The number of aliphatic hydroxyl groups excluding tert-OH is 1. The Morgan fingerprint density at radius 3 is 2.38 bits per heavy atom. The molecule has 1 aliphatic rings. The molecule has 39 heavy (non-hydrogen) atoms. The molecule has 1 fully saturated rings. The van der Waals surface area contributed by atoms with Crippen LogP contribution in [0.5, 0.6) is 11.5 Å². The van der Waals surface area contributed by atoms with Crippen LogP contribution in [0.25, 0.3) is 5.76 Å². The summed E-state index contributed by atoms with van der Waals surface area (Å²) in [7, 11) is 0. The Labute approximate surface area is 226 Å². The Kier molecular flexibility index (Phi) is 7.50. The molecule has 5 rings (SSSR count). The molecule has 7 nitrogen and oxygen atoms in total. The van der Waals surface area contributed by atoms with E-state index >= 15 is 0 Å². The maximum absolute atomic E-state index is 13.4. The third-order valence-corrected chi connectivity index (χ3v) is 6.59. The molecule has 7 heteroatoms. The number of hydrogen-bond acceptors (Lipinski definition) is 6. The zero-order chi connectivity index (χ0) is 27.4. The van der Waals surface area contributed by atoms with Gasteiger partial charge in [0.1, 0.15) is 18.1 Å². The van der Waals surface area contributed by atoms with Gasteiger partial charge in [0.2, 0.25) is 0 Å². The topological polar surface area (TPSA) is 89.2 Å². The van der Waals surface area contributed by atoms with E-state index in [9.17, 15) is 14.7 Å². The van der Waals surface area contributed by atoms with Crippen molar-refractivity contribution >= 4 is 17.4 Å². The number of ketones is 1. The van der Waals surface area contributed by atoms with Crippen LogP contribution < -0.4 is 9.47 Å². The van der Waals surface area contributed by atoms with Gasteiger partial charge in [-0.15, -0.1) is 0 Å². The Hall–Kier alpha value is -4.78. The molecule has 0 radical (unpaired) electrons. The minimum atomic E-state index is -0.862. The fraction of sp³-hybridized carbons (Fsp3) is 0.188. The average molecular weight is 524 g/mol. The maximum Gasteiger partial charge on any atom is 0.296 e. The number of likely N-dealkylation sites (tertiary alicyclic amines) is 1. The molecule has 1 saturated heterocycles. The predicted molar refractivity (Wildman–Crippen MR) is 146 cm³/mol. The number of furan rings is 1. The van der Waals surface area contributed by atoms with E-state index in [1.807, 2.05) is 56.3 Å². The van der Waals surface area contributed by atoms with Crippen molar-refractivity contribution in [1.29, 1.82) is 0 Å². The van der Waals surface area contributed by atoms with Crippen molar-refractivity contribution < 1.29 is 28.6 Å². The average Bonchev–Trinajstić information content (AvgIpc) is 3.55. The van der Waals surface area contributed by atoms with Crippen molar-refractivity contribution in [3.63, 3.8) is 0 Å². The molecular weight excluding hydrogens is 494 g/mol. The number of benzene rings is 3. The highest BCUT2D eigenvalue weighted by molar-refractivity contribution is 6.46. The minimum absolute atomic E-state index is 0.0100. The number of aryl methyl sites for hydroxylation is 1. The lowest BCUT2D eigenvalue weighted by Crippen LogP contribution is -2.29. The minimum Gasteiger partial charge on any atom is -0.507 e.